The van der Waals surface area contributed by atoms with Gasteiger partial charge in [0.2, 0.25) is 0 Å². The van der Waals surface area contributed by atoms with E-state index in [1.54, 1.807) is 0 Å². The quantitative estimate of drug-likeness (QED) is 0.223. The third kappa shape index (κ3) is 10.7. The summed E-state index contributed by atoms with van der Waals surface area (Å²) in [5.41, 5.74) is 4.22. The zero-order valence-corrected chi connectivity index (χ0v) is 18.9. The Morgan fingerprint density at radius 3 is 2.29 bits per heavy atom. The molecular weight excluding hydrogens is 336 g/mol. The van der Waals surface area contributed by atoms with Crippen LogP contribution in [0.4, 0.5) is 0 Å². The molecule has 0 N–H and O–H groups in total. The lowest BCUT2D eigenvalue weighted by Gasteiger charge is -2.18. The first kappa shape index (κ1) is 24.5. The molecule has 2 unspecified atom stereocenters. The summed E-state index contributed by atoms with van der Waals surface area (Å²) in [7, 11) is 0. The first-order chi connectivity index (χ1) is 13.6. The fourth-order valence-corrected chi connectivity index (χ4v) is 3.60. The van der Waals surface area contributed by atoms with Crippen molar-refractivity contribution in [2.45, 2.75) is 91.4 Å². The van der Waals surface area contributed by atoms with Gasteiger partial charge in [-0.1, -0.05) is 112 Å². The Bertz CT molecular complexity index is 585. The first-order valence-electron chi connectivity index (χ1n) is 11.5. The molecular formula is C28H43. The van der Waals surface area contributed by atoms with Gasteiger partial charge in [0.1, 0.15) is 0 Å². The van der Waals surface area contributed by atoms with Crippen molar-refractivity contribution in [1.82, 2.24) is 0 Å². The number of hydrogen-bond acceptors (Lipinski definition) is 0. The lowest BCUT2D eigenvalue weighted by molar-refractivity contribution is 0.454. The third-order valence-electron chi connectivity index (χ3n) is 5.82. The highest BCUT2D eigenvalue weighted by atomic mass is 14.2. The summed E-state index contributed by atoms with van der Waals surface area (Å²) in [6, 6.07) is 9.24. The number of aryl methyl sites for hydroxylation is 1. The molecule has 0 amide bonds. The Balaban J connectivity index is 2.58. The molecule has 0 aliphatic carbocycles. The minimum atomic E-state index is 0.688. The molecule has 0 aliphatic heterocycles. The van der Waals surface area contributed by atoms with Gasteiger partial charge in [0.25, 0.3) is 0 Å². The fraction of sp³-hybridized carbons (Fsp3) is 0.536. The second-order valence-corrected chi connectivity index (χ2v) is 8.27. The van der Waals surface area contributed by atoms with Crippen LogP contribution in [-0.2, 0) is 0 Å². The van der Waals surface area contributed by atoms with Crippen molar-refractivity contribution in [2.24, 2.45) is 5.92 Å². The molecule has 28 heavy (non-hydrogen) atoms. The van der Waals surface area contributed by atoms with Crippen molar-refractivity contribution in [3.8, 4) is 0 Å². The fourth-order valence-electron chi connectivity index (χ4n) is 3.60. The number of hydrogen-bond donors (Lipinski definition) is 0. The molecule has 0 saturated carbocycles. The van der Waals surface area contributed by atoms with E-state index in [0.29, 0.717) is 5.92 Å². The molecule has 1 aromatic carbocycles. The molecule has 2 atom stereocenters. The van der Waals surface area contributed by atoms with Crippen LogP contribution >= 0.6 is 0 Å². The molecule has 0 heterocycles. The first-order valence-corrected chi connectivity index (χ1v) is 11.5. The van der Waals surface area contributed by atoms with Gasteiger partial charge in [-0.3, -0.25) is 0 Å². The lowest BCUT2D eigenvalue weighted by Crippen LogP contribution is -2.01. The summed E-state index contributed by atoms with van der Waals surface area (Å²) in [4.78, 5) is 0. The summed E-state index contributed by atoms with van der Waals surface area (Å²) in [5, 5.41) is 0. The van der Waals surface area contributed by atoms with Crippen LogP contribution in [0.25, 0.3) is 0 Å². The maximum atomic E-state index is 4.00. The van der Waals surface area contributed by atoms with E-state index in [4.69, 9.17) is 0 Å². The van der Waals surface area contributed by atoms with Crippen molar-refractivity contribution >= 4 is 0 Å². The van der Waals surface area contributed by atoms with Crippen molar-refractivity contribution in [3.63, 3.8) is 0 Å². The Morgan fingerprint density at radius 2 is 1.64 bits per heavy atom. The van der Waals surface area contributed by atoms with Crippen molar-refractivity contribution in [1.29, 1.82) is 0 Å². The summed E-state index contributed by atoms with van der Waals surface area (Å²) >= 11 is 0. The van der Waals surface area contributed by atoms with E-state index in [-0.39, 0.29) is 0 Å². The van der Waals surface area contributed by atoms with Crippen molar-refractivity contribution < 1.29 is 0 Å². The maximum Gasteiger partial charge on any atom is -0.0162 e. The Kier molecular flexibility index (Phi) is 13.4. The van der Waals surface area contributed by atoms with Crippen LogP contribution in [0, 0.1) is 19.8 Å². The second-order valence-electron chi connectivity index (χ2n) is 8.27. The summed E-state index contributed by atoms with van der Waals surface area (Å²) in [5.74, 6) is 1.56. The molecule has 0 bridgehead atoms. The Labute approximate surface area is 175 Å². The summed E-state index contributed by atoms with van der Waals surface area (Å²) in [6.45, 7) is 13.0. The number of benzene rings is 1. The highest BCUT2D eigenvalue weighted by Gasteiger charge is 2.12. The van der Waals surface area contributed by atoms with Gasteiger partial charge in [-0.05, 0) is 63.4 Å². The molecule has 0 aliphatic rings. The highest BCUT2D eigenvalue weighted by molar-refractivity contribution is 5.25. The van der Waals surface area contributed by atoms with Gasteiger partial charge < -0.3 is 0 Å². The Hall–Kier alpha value is -1.56. The molecule has 0 nitrogen and oxygen atoms in total. The van der Waals surface area contributed by atoms with Crippen LogP contribution in [0.15, 0.2) is 60.2 Å². The predicted molar refractivity (Wildman–Crippen MR) is 128 cm³/mol. The van der Waals surface area contributed by atoms with E-state index in [2.05, 4.69) is 83.2 Å². The normalized spacial score (nSPS) is 14.8. The van der Waals surface area contributed by atoms with Crippen molar-refractivity contribution in [2.75, 3.05) is 0 Å². The van der Waals surface area contributed by atoms with E-state index in [0.717, 1.165) is 18.8 Å². The SMILES string of the molecule is [CH2]\C=C(/C=C\C=C/CC)CCCC(CCCCC(C)CC)c1ccc(C)cc1. The van der Waals surface area contributed by atoms with Crippen LogP contribution in [0.5, 0.6) is 0 Å². The van der Waals surface area contributed by atoms with Gasteiger partial charge in [0.05, 0.1) is 0 Å². The van der Waals surface area contributed by atoms with Gasteiger partial charge in [-0.15, -0.1) is 0 Å². The monoisotopic (exact) mass is 379 g/mol. The molecule has 1 aromatic rings. The van der Waals surface area contributed by atoms with E-state index in [1.165, 1.54) is 61.6 Å². The van der Waals surface area contributed by atoms with Crippen LogP contribution < -0.4 is 0 Å². The zero-order valence-electron chi connectivity index (χ0n) is 18.9. The maximum absolute atomic E-state index is 4.00. The highest BCUT2D eigenvalue weighted by Crippen LogP contribution is 2.29. The number of allylic oxidation sites excluding steroid dienone is 6. The van der Waals surface area contributed by atoms with Gasteiger partial charge in [-0.2, -0.15) is 0 Å². The molecule has 1 rings (SSSR count). The van der Waals surface area contributed by atoms with Gasteiger partial charge in [-0.25, -0.2) is 0 Å². The predicted octanol–water partition coefficient (Wildman–Crippen LogP) is 9.14. The summed E-state index contributed by atoms with van der Waals surface area (Å²) in [6.07, 6.45) is 22.1. The lowest BCUT2D eigenvalue weighted by atomic mass is 9.87. The standard InChI is InChI=1S/C28H43/c1-6-9-10-11-16-26(8-3)17-14-19-27(18-13-12-15-24(4)7-2)28-22-20-25(5)21-23-28/h8-11,16,20-24,27H,3,6-7,12-15,17-19H2,1-2,4-5H3/b10-9-,16-11-,26-8+. The van der Waals surface area contributed by atoms with E-state index in [1.807, 2.05) is 6.08 Å². The minimum Gasteiger partial charge on any atom is -0.0848 e. The van der Waals surface area contributed by atoms with Crippen molar-refractivity contribution in [3.05, 3.63) is 78.3 Å². The van der Waals surface area contributed by atoms with Gasteiger partial charge in [0.15, 0.2) is 0 Å². The van der Waals surface area contributed by atoms with Crippen LogP contribution in [0.3, 0.4) is 0 Å². The van der Waals surface area contributed by atoms with E-state index in [9.17, 15) is 0 Å². The topological polar surface area (TPSA) is 0 Å². The molecule has 0 saturated heterocycles. The molecule has 1 radical (unpaired) electrons. The average molecular weight is 380 g/mol. The second kappa shape index (κ2) is 15.4. The van der Waals surface area contributed by atoms with Crippen LogP contribution in [-0.4, -0.2) is 0 Å². The number of unbranched alkanes of at least 4 members (excludes halogenated alkanes) is 1. The average Bonchev–Trinajstić information content (AvgIpc) is 2.71. The summed E-state index contributed by atoms with van der Waals surface area (Å²) < 4.78 is 0. The van der Waals surface area contributed by atoms with Crippen LogP contribution in [0.2, 0.25) is 0 Å². The Morgan fingerprint density at radius 1 is 0.964 bits per heavy atom. The molecule has 0 spiro atoms. The molecule has 155 valence electrons. The van der Waals surface area contributed by atoms with Gasteiger partial charge >= 0.3 is 0 Å². The molecule has 0 fully saturated rings. The van der Waals surface area contributed by atoms with E-state index >= 15 is 0 Å². The molecule has 0 heteroatoms. The van der Waals surface area contributed by atoms with Crippen LogP contribution in [0.1, 0.15) is 95.6 Å². The van der Waals surface area contributed by atoms with E-state index < -0.39 is 0 Å². The number of rotatable bonds is 14. The largest absolute Gasteiger partial charge is 0.0848 e. The molecule has 0 aromatic heterocycles. The third-order valence-corrected chi connectivity index (χ3v) is 5.82. The van der Waals surface area contributed by atoms with Gasteiger partial charge in [0, 0.05) is 0 Å². The zero-order chi connectivity index (χ0) is 20.6. The smallest absolute Gasteiger partial charge is 0.0162 e. The minimum absolute atomic E-state index is 0.688.